The van der Waals surface area contributed by atoms with Crippen LogP contribution in [0.3, 0.4) is 0 Å². The van der Waals surface area contributed by atoms with Gasteiger partial charge in [-0.25, -0.2) is 0 Å². The number of unbranched alkanes of at least 4 members (excludes halogenated alkanes) is 1. The Hall–Kier alpha value is -1.66. The summed E-state index contributed by atoms with van der Waals surface area (Å²) in [6, 6.07) is 5.75. The lowest BCUT2D eigenvalue weighted by Gasteiger charge is -2.16. The van der Waals surface area contributed by atoms with E-state index in [-0.39, 0.29) is 29.7 Å². The molecule has 3 N–H and O–H groups in total. The molecule has 1 amide bonds. The van der Waals surface area contributed by atoms with E-state index < -0.39 is 10.8 Å². The molecule has 1 aromatic rings. The van der Waals surface area contributed by atoms with Crippen molar-refractivity contribution >= 4 is 24.0 Å². The molecule has 1 unspecified atom stereocenters. The Morgan fingerprint density at radius 3 is 2.65 bits per heavy atom. The van der Waals surface area contributed by atoms with E-state index in [1.165, 1.54) is 18.2 Å². The summed E-state index contributed by atoms with van der Waals surface area (Å²) in [5, 5.41) is 13.6. The number of para-hydroxylation sites is 1. The van der Waals surface area contributed by atoms with Crippen LogP contribution >= 0.6 is 12.4 Å². The van der Waals surface area contributed by atoms with Crippen molar-refractivity contribution in [2.75, 3.05) is 6.54 Å². The monoisotopic (exact) mass is 301 g/mol. The molecule has 0 aliphatic carbocycles. The molecule has 1 aromatic carbocycles. The fourth-order valence-electron chi connectivity index (χ4n) is 1.79. The van der Waals surface area contributed by atoms with Crippen molar-refractivity contribution in [2.45, 2.75) is 32.2 Å². The van der Waals surface area contributed by atoms with Crippen LogP contribution in [0, 0.1) is 10.1 Å². The number of nitrogens with one attached hydrogen (secondary N) is 1. The standard InChI is InChI=1S/C13H19N3O3.ClH/c1-2-3-6-10(9-14)15-13(17)11-7-4-5-8-12(11)16(18)19;/h4-5,7-8,10H,2-3,6,9,14H2,1H3,(H,15,17);1H. The van der Waals surface area contributed by atoms with Gasteiger partial charge in [-0.3, -0.25) is 14.9 Å². The predicted octanol–water partition coefficient (Wildman–Crippen LogP) is 2.26. The number of carbonyl (C=O) groups is 1. The zero-order valence-electron chi connectivity index (χ0n) is 11.4. The maximum absolute atomic E-state index is 12.0. The highest BCUT2D eigenvalue weighted by Gasteiger charge is 2.20. The van der Waals surface area contributed by atoms with Crippen LogP contribution in [0.2, 0.25) is 0 Å². The van der Waals surface area contributed by atoms with Crippen molar-refractivity contribution in [1.82, 2.24) is 5.32 Å². The lowest BCUT2D eigenvalue weighted by Crippen LogP contribution is -2.40. The third-order valence-corrected chi connectivity index (χ3v) is 2.87. The summed E-state index contributed by atoms with van der Waals surface area (Å²) in [4.78, 5) is 22.3. The number of nitro benzene ring substituents is 1. The van der Waals surface area contributed by atoms with Gasteiger partial charge in [-0.15, -0.1) is 12.4 Å². The molecule has 0 heterocycles. The first kappa shape index (κ1) is 18.3. The van der Waals surface area contributed by atoms with Gasteiger partial charge in [-0.2, -0.15) is 0 Å². The maximum atomic E-state index is 12.0. The Bertz CT molecular complexity index is 454. The number of benzene rings is 1. The molecule has 0 aliphatic rings. The fraction of sp³-hybridized carbons (Fsp3) is 0.462. The van der Waals surface area contributed by atoms with Gasteiger partial charge in [-0.1, -0.05) is 31.9 Å². The van der Waals surface area contributed by atoms with Crippen molar-refractivity contribution in [1.29, 1.82) is 0 Å². The van der Waals surface area contributed by atoms with Gasteiger partial charge in [0.1, 0.15) is 5.56 Å². The number of nitrogens with zero attached hydrogens (tertiary/aromatic N) is 1. The molecule has 20 heavy (non-hydrogen) atoms. The molecule has 112 valence electrons. The largest absolute Gasteiger partial charge is 0.348 e. The maximum Gasteiger partial charge on any atom is 0.282 e. The summed E-state index contributed by atoms with van der Waals surface area (Å²) in [6.07, 6.45) is 2.75. The van der Waals surface area contributed by atoms with Crippen molar-refractivity contribution in [2.24, 2.45) is 5.73 Å². The molecular weight excluding hydrogens is 282 g/mol. The highest BCUT2D eigenvalue weighted by atomic mass is 35.5. The van der Waals surface area contributed by atoms with Gasteiger partial charge >= 0.3 is 0 Å². The van der Waals surface area contributed by atoms with Gasteiger partial charge < -0.3 is 11.1 Å². The van der Waals surface area contributed by atoms with E-state index in [9.17, 15) is 14.9 Å². The molecule has 0 fully saturated rings. The van der Waals surface area contributed by atoms with Crippen LogP contribution in [-0.4, -0.2) is 23.4 Å². The normalized spacial score (nSPS) is 11.3. The van der Waals surface area contributed by atoms with Gasteiger partial charge in [0, 0.05) is 18.7 Å². The Labute approximate surface area is 124 Å². The number of carbonyl (C=O) groups excluding carboxylic acids is 1. The fourth-order valence-corrected chi connectivity index (χ4v) is 1.79. The van der Waals surface area contributed by atoms with E-state index in [1.807, 2.05) is 0 Å². The lowest BCUT2D eigenvalue weighted by atomic mass is 10.1. The Kier molecular flexibility index (Phi) is 8.51. The number of hydrogen-bond donors (Lipinski definition) is 2. The van der Waals surface area contributed by atoms with E-state index in [1.54, 1.807) is 6.07 Å². The molecule has 0 saturated carbocycles. The second kappa shape index (κ2) is 9.28. The van der Waals surface area contributed by atoms with Gasteiger partial charge in [0.25, 0.3) is 11.6 Å². The van der Waals surface area contributed by atoms with E-state index in [4.69, 9.17) is 5.73 Å². The molecular formula is C13H20ClN3O3. The van der Waals surface area contributed by atoms with Gasteiger partial charge in [0.2, 0.25) is 0 Å². The molecule has 1 atom stereocenters. The van der Waals surface area contributed by atoms with E-state index in [2.05, 4.69) is 12.2 Å². The number of rotatable bonds is 7. The van der Waals surface area contributed by atoms with Crippen LogP contribution in [-0.2, 0) is 0 Å². The van der Waals surface area contributed by atoms with Gasteiger partial charge in [-0.05, 0) is 12.5 Å². The SMILES string of the molecule is CCCCC(CN)NC(=O)c1ccccc1[N+](=O)[O-].Cl. The number of nitro groups is 1. The smallest absolute Gasteiger partial charge is 0.282 e. The first-order valence-corrected chi connectivity index (χ1v) is 6.34. The quantitative estimate of drug-likeness (QED) is 0.596. The van der Waals surface area contributed by atoms with E-state index in [0.717, 1.165) is 19.3 Å². The second-order valence-corrected chi connectivity index (χ2v) is 4.32. The number of nitrogens with two attached hydrogens (primary N) is 1. The first-order chi connectivity index (χ1) is 9.10. The van der Waals surface area contributed by atoms with E-state index >= 15 is 0 Å². The molecule has 0 aliphatic heterocycles. The van der Waals surface area contributed by atoms with Crippen LogP contribution in [0.4, 0.5) is 5.69 Å². The molecule has 0 spiro atoms. The van der Waals surface area contributed by atoms with Crippen LogP contribution in [0.15, 0.2) is 24.3 Å². The number of hydrogen-bond acceptors (Lipinski definition) is 4. The van der Waals surface area contributed by atoms with Crippen molar-refractivity contribution in [3.8, 4) is 0 Å². The van der Waals surface area contributed by atoms with Crippen LogP contribution in [0.25, 0.3) is 0 Å². The molecule has 0 aromatic heterocycles. The average molecular weight is 302 g/mol. The van der Waals surface area contributed by atoms with Crippen molar-refractivity contribution in [3.05, 3.63) is 39.9 Å². The summed E-state index contributed by atoms with van der Waals surface area (Å²) in [5.74, 6) is -0.446. The molecule has 0 radical (unpaired) electrons. The van der Waals surface area contributed by atoms with Crippen molar-refractivity contribution < 1.29 is 9.72 Å². The topological polar surface area (TPSA) is 98.3 Å². The highest BCUT2D eigenvalue weighted by Crippen LogP contribution is 2.17. The number of amides is 1. The Morgan fingerprint density at radius 2 is 2.10 bits per heavy atom. The Balaban J connectivity index is 0.00000361. The summed E-state index contributed by atoms with van der Waals surface area (Å²) >= 11 is 0. The minimum absolute atomic E-state index is 0. The number of halogens is 1. The second-order valence-electron chi connectivity index (χ2n) is 4.32. The third kappa shape index (κ3) is 5.14. The molecule has 1 rings (SSSR count). The van der Waals surface area contributed by atoms with Gasteiger partial charge in [0.15, 0.2) is 0 Å². The summed E-state index contributed by atoms with van der Waals surface area (Å²) < 4.78 is 0. The summed E-state index contributed by atoms with van der Waals surface area (Å²) in [6.45, 7) is 2.38. The molecule has 0 saturated heterocycles. The molecule has 6 nitrogen and oxygen atoms in total. The van der Waals surface area contributed by atoms with Crippen LogP contribution in [0.5, 0.6) is 0 Å². The highest BCUT2D eigenvalue weighted by molar-refractivity contribution is 5.98. The van der Waals surface area contributed by atoms with Crippen LogP contribution < -0.4 is 11.1 Å². The molecule has 0 bridgehead atoms. The summed E-state index contributed by atoms with van der Waals surface area (Å²) in [7, 11) is 0. The zero-order valence-corrected chi connectivity index (χ0v) is 12.2. The van der Waals surface area contributed by atoms with Crippen LogP contribution in [0.1, 0.15) is 36.5 Å². The Morgan fingerprint density at radius 1 is 1.45 bits per heavy atom. The minimum Gasteiger partial charge on any atom is -0.348 e. The van der Waals surface area contributed by atoms with Gasteiger partial charge in [0.05, 0.1) is 4.92 Å². The molecule has 7 heteroatoms. The zero-order chi connectivity index (χ0) is 14.3. The first-order valence-electron chi connectivity index (χ1n) is 6.34. The third-order valence-electron chi connectivity index (χ3n) is 2.87. The summed E-state index contributed by atoms with van der Waals surface area (Å²) in [5.41, 5.74) is 5.47. The van der Waals surface area contributed by atoms with Crippen molar-refractivity contribution in [3.63, 3.8) is 0 Å². The predicted molar refractivity (Wildman–Crippen MR) is 80.2 cm³/mol. The lowest BCUT2D eigenvalue weighted by molar-refractivity contribution is -0.385. The minimum atomic E-state index is -0.557. The average Bonchev–Trinajstić information content (AvgIpc) is 2.43. The van der Waals surface area contributed by atoms with E-state index in [0.29, 0.717) is 6.54 Å².